The number of aliphatic imine (C=N–C) groups is 1. The van der Waals surface area contributed by atoms with Crippen LogP contribution < -0.4 is 5.73 Å². The van der Waals surface area contributed by atoms with Crippen molar-refractivity contribution >= 4 is 5.96 Å². The zero-order valence-electron chi connectivity index (χ0n) is 13.9. The zero-order valence-corrected chi connectivity index (χ0v) is 13.9. The Balaban J connectivity index is 1.67. The minimum atomic E-state index is 0.379. The zero-order chi connectivity index (χ0) is 15.8. The van der Waals surface area contributed by atoms with Crippen molar-refractivity contribution < 1.29 is 4.74 Å². The first-order chi connectivity index (χ1) is 10.6. The molecule has 2 atom stereocenters. The summed E-state index contributed by atoms with van der Waals surface area (Å²) >= 11 is 0. The molecule has 2 N–H and O–H groups in total. The molecule has 2 rings (SSSR count). The van der Waals surface area contributed by atoms with Crippen molar-refractivity contribution in [2.24, 2.45) is 22.6 Å². The molecule has 1 aliphatic rings. The Morgan fingerprint density at radius 1 is 1.41 bits per heavy atom. The topological polar surface area (TPSA) is 50.8 Å². The largest absolute Gasteiger partial charge is 0.376 e. The number of likely N-dealkylation sites (tertiary alicyclic amines) is 1. The van der Waals surface area contributed by atoms with Crippen molar-refractivity contribution in [1.82, 2.24) is 4.90 Å². The Bertz CT molecular complexity index is 461. The van der Waals surface area contributed by atoms with E-state index < -0.39 is 0 Å². The van der Waals surface area contributed by atoms with Gasteiger partial charge in [0, 0.05) is 19.6 Å². The van der Waals surface area contributed by atoms with Crippen molar-refractivity contribution in [3.05, 3.63) is 35.9 Å². The van der Waals surface area contributed by atoms with Crippen molar-refractivity contribution in [2.45, 2.75) is 33.3 Å². The van der Waals surface area contributed by atoms with Crippen LogP contribution >= 0.6 is 0 Å². The molecule has 122 valence electrons. The number of ether oxygens (including phenoxy) is 1. The van der Waals surface area contributed by atoms with E-state index in [0.29, 0.717) is 31.0 Å². The first-order valence-corrected chi connectivity index (χ1v) is 8.31. The van der Waals surface area contributed by atoms with Gasteiger partial charge in [-0.1, -0.05) is 44.2 Å². The third kappa shape index (κ3) is 5.68. The number of hydrogen-bond acceptors (Lipinski definition) is 2. The third-order valence-electron chi connectivity index (χ3n) is 4.06. The summed E-state index contributed by atoms with van der Waals surface area (Å²) < 4.78 is 5.75. The minimum Gasteiger partial charge on any atom is -0.376 e. The average molecular weight is 303 g/mol. The summed E-state index contributed by atoms with van der Waals surface area (Å²) in [5.41, 5.74) is 7.32. The van der Waals surface area contributed by atoms with Gasteiger partial charge in [0.15, 0.2) is 5.96 Å². The molecule has 2 unspecified atom stereocenters. The van der Waals surface area contributed by atoms with E-state index in [1.54, 1.807) is 0 Å². The monoisotopic (exact) mass is 303 g/mol. The van der Waals surface area contributed by atoms with Crippen LogP contribution in [0, 0.1) is 11.8 Å². The van der Waals surface area contributed by atoms with Crippen LogP contribution in [0.4, 0.5) is 0 Å². The lowest BCUT2D eigenvalue weighted by atomic mass is 10.0. The van der Waals surface area contributed by atoms with Crippen LogP contribution in [0.2, 0.25) is 0 Å². The van der Waals surface area contributed by atoms with Crippen LogP contribution in [0.15, 0.2) is 35.3 Å². The lowest BCUT2D eigenvalue weighted by Gasteiger charge is -2.31. The smallest absolute Gasteiger partial charge is 0.191 e. The van der Waals surface area contributed by atoms with Gasteiger partial charge in [-0.05, 0) is 30.2 Å². The third-order valence-corrected chi connectivity index (χ3v) is 4.06. The standard InChI is InChI=1S/C18H29N3O/c1-15-7-6-10-21(12-15)18(19)20-11-16(2)13-22-14-17-8-4-3-5-9-17/h3-5,8-9,15-16H,6-7,10-14H2,1-2H3,(H2,19,20). The van der Waals surface area contributed by atoms with Crippen LogP contribution in [-0.4, -0.2) is 37.1 Å². The molecular formula is C18H29N3O. The van der Waals surface area contributed by atoms with Crippen LogP contribution in [0.25, 0.3) is 0 Å². The maximum absolute atomic E-state index is 6.11. The van der Waals surface area contributed by atoms with Gasteiger partial charge in [0.1, 0.15) is 0 Å². The summed E-state index contributed by atoms with van der Waals surface area (Å²) in [6.07, 6.45) is 2.51. The highest BCUT2D eigenvalue weighted by molar-refractivity contribution is 5.78. The van der Waals surface area contributed by atoms with Crippen LogP contribution in [-0.2, 0) is 11.3 Å². The van der Waals surface area contributed by atoms with Crippen molar-refractivity contribution in [2.75, 3.05) is 26.2 Å². The molecule has 0 bridgehead atoms. The van der Waals surface area contributed by atoms with E-state index in [4.69, 9.17) is 10.5 Å². The highest BCUT2D eigenvalue weighted by Crippen LogP contribution is 2.15. The molecule has 1 aromatic carbocycles. The number of hydrogen-bond donors (Lipinski definition) is 1. The Hall–Kier alpha value is -1.55. The highest BCUT2D eigenvalue weighted by Gasteiger charge is 2.17. The Morgan fingerprint density at radius 2 is 2.18 bits per heavy atom. The summed E-state index contributed by atoms with van der Waals surface area (Å²) in [5, 5.41) is 0. The first-order valence-electron chi connectivity index (χ1n) is 8.31. The van der Waals surface area contributed by atoms with E-state index in [9.17, 15) is 0 Å². The SMILES string of the molecule is CC(CN=C(N)N1CCCC(C)C1)COCc1ccccc1. The van der Waals surface area contributed by atoms with Gasteiger partial charge >= 0.3 is 0 Å². The average Bonchev–Trinajstić information content (AvgIpc) is 2.53. The molecule has 1 aromatic rings. The molecule has 0 amide bonds. The van der Waals surface area contributed by atoms with E-state index in [2.05, 4.69) is 35.9 Å². The molecule has 0 radical (unpaired) electrons. The summed E-state index contributed by atoms with van der Waals surface area (Å²) in [6, 6.07) is 10.3. The molecule has 0 aliphatic carbocycles. The maximum Gasteiger partial charge on any atom is 0.191 e. The number of nitrogens with zero attached hydrogens (tertiary/aromatic N) is 2. The summed E-state index contributed by atoms with van der Waals surface area (Å²) in [6.45, 7) is 8.61. The summed E-state index contributed by atoms with van der Waals surface area (Å²) in [7, 11) is 0. The number of guanidine groups is 1. The predicted octanol–water partition coefficient (Wildman–Crippen LogP) is 2.89. The van der Waals surface area contributed by atoms with Crippen LogP contribution in [0.3, 0.4) is 0 Å². The minimum absolute atomic E-state index is 0.379. The van der Waals surface area contributed by atoms with E-state index in [-0.39, 0.29) is 0 Å². The number of rotatable bonds is 6. The second kappa shape index (κ2) is 8.79. The van der Waals surface area contributed by atoms with Crippen LogP contribution in [0.1, 0.15) is 32.3 Å². The van der Waals surface area contributed by atoms with Crippen molar-refractivity contribution in [3.8, 4) is 0 Å². The second-order valence-electron chi connectivity index (χ2n) is 6.50. The van der Waals surface area contributed by atoms with Gasteiger partial charge in [0.2, 0.25) is 0 Å². The maximum atomic E-state index is 6.11. The number of nitrogens with two attached hydrogens (primary N) is 1. The van der Waals surface area contributed by atoms with Gasteiger partial charge in [-0.15, -0.1) is 0 Å². The fourth-order valence-electron chi connectivity index (χ4n) is 2.75. The molecule has 22 heavy (non-hydrogen) atoms. The Morgan fingerprint density at radius 3 is 2.91 bits per heavy atom. The molecule has 4 heteroatoms. The van der Waals surface area contributed by atoms with Gasteiger partial charge < -0.3 is 15.4 Å². The van der Waals surface area contributed by atoms with E-state index in [1.165, 1.54) is 18.4 Å². The van der Waals surface area contributed by atoms with Gasteiger partial charge in [0.05, 0.1) is 13.2 Å². The highest BCUT2D eigenvalue weighted by atomic mass is 16.5. The Kier molecular flexibility index (Phi) is 6.72. The molecule has 0 aromatic heterocycles. The fourth-order valence-corrected chi connectivity index (χ4v) is 2.75. The van der Waals surface area contributed by atoms with Crippen LogP contribution in [0.5, 0.6) is 0 Å². The van der Waals surface area contributed by atoms with Gasteiger partial charge in [-0.25, -0.2) is 0 Å². The lowest BCUT2D eigenvalue weighted by Crippen LogP contribution is -2.43. The second-order valence-corrected chi connectivity index (χ2v) is 6.50. The van der Waals surface area contributed by atoms with Crippen molar-refractivity contribution in [1.29, 1.82) is 0 Å². The van der Waals surface area contributed by atoms with Gasteiger partial charge in [-0.3, -0.25) is 4.99 Å². The van der Waals surface area contributed by atoms with Crippen molar-refractivity contribution in [3.63, 3.8) is 0 Å². The van der Waals surface area contributed by atoms with E-state index >= 15 is 0 Å². The molecule has 0 spiro atoms. The lowest BCUT2D eigenvalue weighted by molar-refractivity contribution is 0.0944. The molecule has 0 saturated carbocycles. The molecular weight excluding hydrogens is 274 g/mol. The normalized spacial score (nSPS) is 20.9. The predicted molar refractivity (Wildman–Crippen MR) is 91.7 cm³/mol. The molecule has 1 fully saturated rings. The number of benzene rings is 1. The summed E-state index contributed by atoms with van der Waals surface area (Å²) in [5.74, 6) is 1.79. The molecule has 4 nitrogen and oxygen atoms in total. The van der Waals surface area contributed by atoms with E-state index in [0.717, 1.165) is 19.6 Å². The quantitative estimate of drug-likeness (QED) is 0.649. The van der Waals surface area contributed by atoms with E-state index in [1.807, 2.05) is 18.2 Å². The molecule has 1 aliphatic heterocycles. The first kappa shape index (κ1) is 16.8. The Labute approximate surface area is 134 Å². The molecule has 1 heterocycles. The fraction of sp³-hybridized carbons (Fsp3) is 0.611. The molecule has 1 saturated heterocycles. The van der Waals surface area contributed by atoms with Gasteiger partial charge in [0.25, 0.3) is 0 Å². The number of piperidine rings is 1. The van der Waals surface area contributed by atoms with Gasteiger partial charge in [-0.2, -0.15) is 0 Å². The summed E-state index contributed by atoms with van der Waals surface area (Å²) in [4.78, 5) is 6.76.